The van der Waals surface area contributed by atoms with E-state index in [2.05, 4.69) is 36.3 Å². The molecule has 2 aromatic carbocycles. The van der Waals surface area contributed by atoms with Crippen LogP contribution in [0.5, 0.6) is 0 Å². The van der Waals surface area contributed by atoms with E-state index in [1.807, 2.05) is 24.3 Å². The maximum Gasteiger partial charge on any atom is 0.231 e. The van der Waals surface area contributed by atoms with Crippen molar-refractivity contribution in [3.63, 3.8) is 0 Å². The van der Waals surface area contributed by atoms with E-state index in [0.29, 0.717) is 24.1 Å². The summed E-state index contributed by atoms with van der Waals surface area (Å²) in [6.45, 7) is 5.35. The van der Waals surface area contributed by atoms with Crippen LogP contribution in [0.2, 0.25) is 0 Å². The first-order valence-corrected chi connectivity index (χ1v) is 9.70. The second-order valence-corrected chi connectivity index (χ2v) is 8.27. The van der Waals surface area contributed by atoms with Crippen LogP contribution in [0.3, 0.4) is 0 Å². The van der Waals surface area contributed by atoms with Crippen molar-refractivity contribution in [1.29, 1.82) is 0 Å². The number of carbonyl (C=O) groups is 2. The topological polar surface area (TPSA) is 62.3 Å². The smallest absolute Gasteiger partial charge is 0.231 e. The van der Waals surface area contributed by atoms with E-state index < -0.39 is 0 Å². The maximum absolute atomic E-state index is 12.6. The summed E-state index contributed by atoms with van der Waals surface area (Å²) < 4.78 is 1.04. The van der Waals surface area contributed by atoms with Crippen molar-refractivity contribution in [1.82, 2.24) is 9.88 Å². The predicted molar refractivity (Wildman–Crippen MR) is 105 cm³/mol. The highest BCUT2D eigenvalue weighted by Gasteiger charge is 2.34. The Kier molecular flexibility index (Phi) is 4.36. The Labute approximate surface area is 156 Å². The third kappa shape index (κ3) is 3.17. The molecular weight excluding hydrogens is 346 g/mol. The normalized spacial score (nSPS) is 17.6. The van der Waals surface area contributed by atoms with Gasteiger partial charge in [0, 0.05) is 24.9 Å². The zero-order valence-electron chi connectivity index (χ0n) is 14.9. The lowest BCUT2D eigenvalue weighted by atomic mass is 10.1. The maximum atomic E-state index is 12.6. The van der Waals surface area contributed by atoms with Gasteiger partial charge < -0.3 is 10.2 Å². The Morgan fingerprint density at radius 3 is 2.92 bits per heavy atom. The fourth-order valence-corrected chi connectivity index (χ4v) is 4.37. The monoisotopic (exact) mass is 367 g/mol. The summed E-state index contributed by atoms with van der Waals surface area (Å²) >= 11 is 1.47. The van der Waals surface area contributed by atoms with Crippen LogP contribution in [0.25, 0.3) is 21.0 Å². The van der Waals surface area contributed by atoms with Gasteiger partial charge in [0.05, 0.1) is 16.1 Å². The number of benzene rings is 2. The summed E-state index contributed by atoms with van der Waals surface area (Å²) in [6, 6.07) is 12.2. The van der Waals surface area contributed by atoms with Crippen molar-refractivity contribution in [2.45, 2.75) is 20.3 Å². The van der Waals surface area contributed by atoms with Crippen LogP contribution in [0.4, 0.5) is 5.13 Å². The molecule has 1 aliphatic heterocycles. The number of likely N-dealkylation sites (tertiary alicyclic amines) is 1. The Balaban J connectivity index is 1.53. The van der Waals surface area contributed by atoms with E-state index in [1.165, 1.54) is 11.3 Å². The molecule has 0 radical (unpaired) electrons. The first-order valence-electron chi connectivity index (χ1n) is 8.88. The molecule has 0 bridgehead atoms. The van der Waals surface area contributed by atoms with E-state index in [-0.39, 0.29) is 24.2 Å². The Hall–Kier alpha value is -2.47. The summed E-state index contributed by atoms with van der Waals surface area (Å²) in [6.07, 6.45) is 0.284. The third-order valence-corrected chi connectivity index (χ3v) is 5.62. The van der Waals surface area contributed by atoms with Gasteiger partial charge in [0.2, 0.25) is 11.8 Å². The zero-order chi connectivity index (χ0) is 18.3. The van der Waals surface area contributed by atoms with E-state index in [0.717, 1.165) is 21.0 Å². The molecule has 2 heterocycles. The molecule has 26 heavy (non-hydrogen) atoms. The van der Waals surface area contributed by atoms with Crippen LogP contribution in [0.15, 0.2) is 36.4 Å². The molecule has 1 aliphatic rings. The summed E-state index contributed by atoms with van der Waals surface area (Å²) in [7, 11) is 0. The van der Waals surface area contributed by atoms with Gasteiger partial charge in [-0.25, -0.2) is 4.98 Å². The highest BCUT2D eigenvalue weighted by molar-refractivity contribution is 7.22. The highest BCUT2D eigenvalue weighted by Crippen LogP contribution is 2.32. The van der Waals surface area contributed by atoms with Crippen molar-refractivity contribution < 1.29 is 9.59 Å². The second kappa shape index (κ2) is 6.68. The molecule has 134 valence electrons. The van der Waals surface area contributed by atoms with E-state index in [1.54, 1.807) is 4.90 Å². The van der Waals surface area contributed by atoms with Crippen LogP contribution in [-0.2, 0) is 9.59 Å². The van der Waals surface area contributed by atoms with Crippen LogP contribution < -0.4 is 5.32 Å². The van der Waals surface area contributed by atoms with Gasteiger partial charge in [0.1, 0.15) is 0 Å². The Bertz CT molecular complexity index is 995. The minimum Gasteiger partial charge on any atom is -0.342 e. The fraction of sp³-hybridized carbons (Fsp3) is 0.350. The van der Waals surface area contributed by atoms with Gasteiger partial charge in [0.15, 0.2) is 5.13 Å². The predicted octanol–water partition coefficient (Wildman–Crippen LogP) is 3.89. The molecule has 0 aliphatic carbocycles. The minimum atomic E-state index is -0.301. The first-order chi connectivity index (χ1) is 12.5. The number of rotatable bonds is 4. The molecule has 1 unspecified atom stereocenters. The number of anilines is 1. The van der Waals surface area contributed by atoms with E-state index >= 15 is 0 Å². The first kappa shape index (κ1) is 17.0. The van der Waals surface area contributed by atoms with Crippen molar-refractivity contribution >= 4 is 49.3 Å². The molecule has 0 spiro atoms. The molecule has 5 nitrogen and oxygen atoms in total. The minimum absolute atomic E-state index is 0.0640. The van der Waals surface area contributed by atoms with Gasteiger partial charge in [-0.1, -0.05) is 55.5 Å². The molecule has 3 aromatic rings. The zero-order valence-corrected chi connectivity index (χ0v) is 15.7. The molecule has 1 saturated heterocycles. The lowest BCUT2D eigenvalue weighted by Gasteiger charge is -2.18. The molecule has 1 atom stereocenters. The average molecular weight is 367 g/mol. The number of nitrogens with zero attached hydrogens (tertiary/aromatic N) is 2. The Morgan fingerprint density at radius 1 is 1.31 bits per heavy atom. The quantitative estimate of drug-likeness (QED) is 0.761. The summed E-state index contributed by atoms with van der Waals surface area (Å²) in [5.74, 6) is 0.0467. The summed E-state index contributed by atoms with van der Waals surface area (Å²) in [5, 5.41) is 5.73. The molecule has 2 amide bonds. The van der Waals surface area contributed by atoms with Crippen LogP contribution in [0, 0.1) is 11.8 Å². The largest absolute Gasteiger partial charge is 0.342 e. The summed E-state index contributed by atoms with van der Waals surface area (Å²) in [5.41, 5.74) is 0.910. The molecule has 4 rings (SSSR count). The second-order valence-electron chi connectivity index (χ2n) is 7.24. The Morgan fingerprint density at radius 2 is 2.12 bits per heavy atom. The van der Waals surface area contributed by atoms with Crippen LogP contribution in [0.1, 0.15) is 20.3 Å². The fourth-order valence-electron chi connectivity index (χ4n) is 3.49. The van der Waals surface area contributed by atoms with Crippen molar-refractivity contribution in [2.24, 2.45) is 11.8 Å². The lowest BCUT2D eigenvalue weighted by Crippen LogP contribution is -2.31. The number of fused-ring (bicyclic) bond motifs is 3. The SMILES string of the molecule is CC(C)CN1CC(C(=O)Nc2nc3c(ccc4ccccc43)s2)CC1=O. The molecule has 1 aromatic heterocycles. The molecule has 1 fully saturated rings. The van der Waals surface area contributed by atoms with Gasteiger partial charge in [-0.05, 0) is 17.4 Å². The standard InChI is InChI=1S/C20H21N3O2S/c1-12(2)10-23-11-14(9-17(23)24)19(25)22-20-21-18-15-6-4-3-5-13(15)7-8-16(18)26-20/h3-8,12,14H,9-11H2,1-2H3,(H,21,22,25). The number of carbonyl (C=O) groups excluding carboxylic acids is 2. The van der Waals surface area contributed by atoms with Gasteiger partial charge in [0.25, 0.3) is 0 Å². The van der Waals surface area contributed by atoms with Gasteiger partial charge in [-0.15, -0.1) is 0 Å². The van der Waals surface area contributed by atoms with Gasteiger partial charge in [-0.2, -0.15) is 0 Å². The van der Waals surface area contributed by atoms with Crippen molar-refractivity contribution in [3.8, 4) is 0 Å². The number of aromatic nitrogens is 1. The van der Waals surface area contributed by atoms with Crippen LogP contribution in [-0.4, -0.2) is 34.8 Å². The van der Waals surface area contributed by atoms with E-state index in [9.17, 15) is 9.59 Å². The average Bonchev–Trinajstić information content (AvgIpc) is 3.18. The molecular formula is C20H21N3O2S. The number of hydrogen-bond donors (Lipinski definition) is 1. The number of thiazole rings is 1. The number of nitrogens with one attached hydrogen (secondary N) is 1. The number of hydrogen-bond acceptors (Lipinski definition) is 4. The summed E-state index contributed by atoms with van der Waals surface area (Å²) in [4.78, 5) is 31.1. The third-order valence-electron chi connectivity index (χ3n) is 4.68. The van der Waals surface area contributed by atoms with Crippen molar-refractivity contribution in [3.05, 3.63) is 36.4 Å². The van der Waals surface area contributed by atoms with Gasteiger partial charge >= 0.3 is 0 Å². The lowest BCUT2D eigenvalue weighted by molar-refractivity contribution is -0.128. The van der Waals surface area contributed by atoms with Crippen LogP contribution >= 0.6 is 11.3 Å². The highest BCUT2D eigenvalue weighted by atomic mass is 32.1. The molecule has 1 N–H and O–H groups in total. The molecule has 0 saturated carbocycles. The molecule has 6 heteroatoms. The van der Waals surface area contributed by atoms with E-state index in [4.69, 9.17) is 0 Å². The van der Waals surface area contributed by atoms with Crippen molar-refractivity contribution in [2.75, 3.05) is 18.4 Å². The van der Waals surface area contributed by atoms with Gasteiger partial charge in [-0.3, -0.25) is 9.59 Å². The number of amides is 2.